The number of hydrogen-bond donors (Lipinski definition) is 2. The van der Waals surface area contributed by atoms with Gasteiger partial charge in [0, 0.05) is 11.8 Å². The van der Waals surface area contributed by atoms with E-state index in [-0.39, 0.29) is 0 Å². The van der Waals surface area contributed by atoms with Crippen LogP contribution >= 0.6 is 0 Å². The van der Waals surface area contributed by atoms with Crippen molar-refractivity contribution in [3.05, 3.63) is 0 Å². The number of alkyl halides is 4. The van der Waals surface area contributed by atoms with Gasteiger partial charge < -0.3 is 0 Å². The summed E-state index contributed by atoms with van der Waals surface area (Å²) in [6.07, 6.45) is -2.88. The zero-order valence-electron chi connectivity index (χ0n) is 9.84. The van der Waals surface area contributed by atoms with E-state index in [1.807, 2.05) is 0 Å². The summed E-state index contributed by atoms with van der Waals surface area (Å²) in [4.78, 5) is 0. The van der Waals surface area contributed by atoms with Gasteiger partial charge in [-0.05, 0) is 25.7 Å². The van der Waals surface area contributed by atoms with E-state index in [0.29, 0.717) is 0 Å². The molecule has 0 saturated heterocycles. The molecule has 1 rings (SSSR count). The van der Waals surface area contributed by atoms with E-state index in [2.05, 4.69) is 0 Å². The van der Waals surface area contributed by atoms with Gasteiger partial charge in [0.2, 0.25) is 0 Å². The third-order valence-electron chi connectivity index (χ3n) is 3.37. The van der Waals surface area contributed by atoms with Crippen molar-refractivity contribution in [1.82, 2.24) is 0 Å². The minimum absolute atomic E-state index is 0.720. The molecule has 0 radical (unpaired) electrons. The Morgan fingerprint density at radius 2 is 0.900 bits per heavy atom. The van der Waals surface area contributed by atoms with Crippen molar-refractivity contribution in [3.63, 3.8) is 0 Å². The average Bonchev–Trinajstić information content (AvgIpc) is 2.26. The Balaban J connectivity index is 2.85. The standard InChI is InChI=1S/C8H12F4O6S2/c9-7(10,19(13,14)15)5-1-2-6(4-3-5)8(11,12)20(16,17)18/h5-6H,1-4H2,(H,13,14,15)(H,16,17,18). The van der Waals surface area contributed by atoms with Gasteiger partial charge in [-0.25, -0.2) is 0 Å². The molecule has 0 amide bonds. The largest absolute Gasteiger partial charge is 0.372 e. The molecule has 1 fully saturated rings. The van der Waals surface area contributed by atoms with Crippen molar-refractivity contribution in [2.24, 2.45) is 11.8 Å². The maximum Gasteiger partial charge on any atom is 0.372 e. The summed E-state index contributed by atoms with van der Waals surface area (Å²) < 4.78 is 112. The van der Waals surface area contributed by atoms with Gasteiger partial charge in [-0.15, -0.1) is 0 Å². The van der Waals surface area contributed by atoms with Gasteiger partial charge in [0.05, 0.1) is 0 Å². The predicted octanol–water partition coefficient (Wildman–Crippen LogP) is 1.75. The van der Waals surface area contributed by atoms with Crippen molar-refractivity contribution in [1.29, 1.82) is 0 Å². The minimum Gasteiger partial charge on any atom is -0.281 e. The van der Waals surface area contributed by atoms with Gasteiger partial charge in [0.15, 0.2) is 0 Å². The van der Waals surface area contributed by atoms with Crippen LogP contribution in [-0.2, 0) is 20.2 Å². The lowest BCUT2D eigenvalue weighted by Crippen LogP contribution is -2.43. The first-order valence-corrected chi connectivity index (χ1v) is 8.29. The molecule has 0 spiro atoms. The highest BCUT2D eigenvalue weighted by molar-refractivity contribution is 7.87. The molecule has 0 aromatic carbocycles. The third kappa shape index (κ3) is 3.07. The molecule has 2 N–H and O–H groups in total. The van der Waals surface area contributed by atoms with Crippen LogP contribution in [0.3, 0.4) is 0 Å². The second-order valence-electron chi connectivity index (χ2n) is 4.62. The van der Waals surface area contributed by atoms with Crippen LogP contribution in [0.25, 0.3) is 0 Å². The van der Waals surface area contributed by atoms with Crippen molar-refractivity contribution in [2.75, 3.05) is 0 Å². The molecule has 0 unspecified atom stereocenters. The SMILES string of the molecule is O=S(=O)(O)C(F)(F)C1CCC(C(F)(F)S(=O)(=O)O)CC1. The Hall–Kier alpha value is -0.460. The number of hydrogen-bond acceptors (Lipinski definition) is 4. The molecule has 20 heavy (non-hydrogen) atoms. The van der Waals surface area contributed by atoms with Crippen LogP contribution in [0.4, 0.5) is 17.6 Å². The maximum atomic E-state index is 13.3. The lowest BCUT2D eigenvalue weighted by atomic mass is 9.82. The van der Waals surface area contributed by atoms with E-state index in [4.69, 9.17) is 9.11 Å². The molecule has 1 aliphatic rings. The van der Waals surface area contributed by atoms with Crippen LogP contribution in [0.5, 0.6) is 0 Å². The molecule has 0 heterocycles. The summed E-state index contributed by atoms with van der Waals surface area (Å²) in [6, 6.07) is 0. The summed E-state index contributed by atoms with van der Waals surface area (Å²) in [7, 11) is -11.3. The predicted molar refractivity (Wildman–Crippen MR) is 58.4 cm³/mol. The fourth-order valence-corrected chi connectivity index (χ4v) is 3.50. The summed E-state index contributed by atoms with van der Waals surface area (Å²) in [5, 5.41) is -8.96. The van der Waals surface area contributed by atoms with Crippen LogP contribution in [0, 0.1) is 11.8 Å². The molecular weight excluding hydrogens is 332 g/mol. The van der Waals surface area contributed by atoms with Gasteiger partial charge in [-0.3, -0.25) is 9.11 Å². The third-order valence-corrected chi connectivity index (χ3v) is 5.41. The first kappa shape index (κ1) is 17.6. The Bertz CT molecular complexity index is 510. The fraction of sp³-hybridized carbons (Fsp3) is 1.00. The summed E-state index contributed by atoms with van der Waals surface area (Å²) >= 11 is 0. The molecule has 1 aliphatic carbocycles. The highest BCUT2D eigenvalue weighted by Gasteiger charge is 2.57. The first-order chi connectivity index (χ1) is 8.71. The van der Waals surface area contributed by atoms with Gasteiger partial charge in [0.25, 0.3) is 0 Å². The second-order valence-corrected chi connectivity index (χ2v) is 7.61. The Morgan fingerprint density at radius 3 is 1.05 bits per heavy atom. The maximum absolute atomic E-state index is 13.3. The Labute approximate surface area is 112 Å². The molecule has 0 aromatic rings. The second kappa shape index (κ2) is 5.07. The van der Waals surface area contributed by atoms with Crippen LogP contribution in [-0.4, -0.2) is 36.5 Å². The minimum atomic E-state index is -5.67. The van der Waals surface area contributed by atoms with E-state index < -0.39 is 68.3 Å². The van der Waals surface area contributed by atoms with Crippen molar-refractivity contribution >= 4 is 20.2 Å². The topological polar surface area (TPSA) is 109 Å². The van der Waals surface area contributed by atoms with E-state index in [1.54, 1.807) is 0 Å². The van der Waals surface area contributed by atoms with E-state index in [0.717, 1.165) is 0 Å². The highest BCUT2D eigenvalue weighted by Crippen LogP contribution is 2.46. The summed E-state index contributed by atoms with van der Waals surface area (Å²) in [6.45, 7) is 0. The van der Waals surface area contributed by atoms with E-state index in [9.17, 15) is 34.4 Å². The van der Waals surface area contributed by atoms with Crippen molar-refractivity contribution < 1.29 is 43.5 Å². The average molecular weight is 344 g/mol. The monoisotopic (exact) mass is 344 g/mol. The molecule has 0 aromatic heterocycles. The molecular formula is C8H12F4O6S2. The van der Waals surface area contributed by atoms with E-state index in [1.165, 1.54) is 0 Å². The van der Waals surface area contributed by atoms with Gasteiger partial charge >= 0.3 is 30.7 Å². The van der Waals surface area contributed by atoms with Crippen molar-refractivity contribution in [3.8, 4) is 0 Å². The quantitative estimate of drug-likeness (QED) is 0.594. The zero-order valence-corrected chi connectivity index (χ0v) is 11.5. The van der Waals surface area contributed by atoms with E-state index >= 15 is 0 Å². The Kier molecular flexibility index (Phi) is 4.46. The summed E-state index contributed by atoms with van der Waals surface area (Å²) in [5.41, 5.74) is 0. The number of halogens is 4. The molecule has 0 bridgehead atoms. The Morgan fingerprint density at radius 1 is 0.700 bits per heavy atom. The normalized spacial score (nSPS) is 26.5. The molecule has 120 valence electrons. The fourth-order valence-electron chi connectivity index (χ4n) is 2.19. The number of rotatable bonds is 4. The molecule has 1 saturated carbocycles. The van der Waals surface area contributed by atoms with Gasteiger partial charge in [-0.1, -0.05) is 0 Å². The lowest BCUT2D eigenvalue weighted by Gasteiger charge is -2.34. The summed E-state index contributed by atoms with van der Waals surface area (Å²) in [5.74, 6) is -3.77. The van der Waals surface area contributed by atoms with Crippen LogP contribution in [0.1, 0.15) is 25.7 Å². The lowest BCUT2D eigenvalue weighted by molar-refractivity contribution is -0.0439. The molecule has 6 nitrogen and oxygen atoms in total. The van der Waals surface area contributed by atoms with Crippen LogP contribution < -0.4 is 0 Å². The zero-order chi connectivity index (χ0) is 16.0. The smallest absolute Gasteiger partial charge is 0.281 e. The van der Waals surface area contributed by atoms with Gasteiger partial charge in [-0.2, -0.15) is 34.4 Å². The molecule has 0 aliphatic heterocycles. The van der Waals surface area contributed by atoms with Gasteiger partial charge in [0.1, 0.15) is 0 Å². The molecule has 12 heteroatoms. The van der Waals surface area contributed by atoms with Crippen LogP contribution in [0.15, 0.2) is 0 Å². The van der Waals surface area contributed by atoms with Crippen molar-refractivity contribution in [2.45, 2.75) is 36.2 Å². The van der Waals surface area contributed by atoms with Crippen LogP contribution in [0.2, 0.25) is 0 Å². The first-order valence-electron chi connectivity index (χ1n) is 5.41. The molecule has 0 atom stereocenters. The highest BCUT2D eigenvalue weighted by atomic mass is 32.2.